The predicted octanol–water partition coefficient (Wildman–Crippen LogP) is 3.82. The van der Waals surface area contributed by atoms with Gasteiger partial charge >= 0.3 is 0 Å². The molecule has 0 spiro atoms. The zero-order valence-electron chi connectivity index (χ0n) is 24.7. The zero-order valence-corrected chi connectivity index (χ0v) is 26.5. The van der Waals surface area contributed by atoms with Crippen LogP contribution in [0.4, 0.5) is 0 Å². The van der Waals surface area contributed by atoms with Crippen molar-refractivity contribution in [2.24, 2.45) is 0 Å². The molecule has 0 atom stereocenters. The molecule has 0 unspecified atom stereocenters. The highest BCUT2D eigenvalue weighted by atomic mass is 32.2. The maximum atomic E-state index is 12.1. The highest BCUT2D eigenvalue weighted by molar-refractivity contribution is 7.86. The number of benzene rings is 1. The average molecular weight is 595 g/mol. The molecule has 0 aliphatic heterocycles. The lowest BCUT2D eigenvalue weighted by Crippen LogP contribution is -2.41. The molecule has 0 heterocycles. The van der Waals surface area contributed by atoms with Gasteiger partial charge in [-0.05, 0) is 37.2 Å². The van der Waals surface area contributed by atoms with Gasteiger partial charge in [0.25, 0.3) is 10.1 Å². The predicted molar refractivity (Wildman–Crippen MR) is 152 cm³/mol. The van der Waals surface area contributed by atoms with E-state index in [9.17, 15) is 8.42 Å². The van der Waals surface area contributed by atoms with Crippen LogP contribution in [0.5, 0.6) is 0 Å². The molecular weight excluding hydrogens is 544 g/mol. The first kappa shape index (κ1) is 36.1. The minimum absolute atomic E-state index is 0.0504. The van der Waals surface area contributed by atoms with Crippen molar-refractivity contribution in [1.29, 1.82) is 0 Å². The highest BCUT2D eigenvalue weighted by Gasteiger charge is 2.36. The number of aryl methyl sites for hydroxylation is 1. The number of ether oxygens (including phenoxy) is 6. The normalized spacial score (nSPS) is 12.8. The van der Waals surface area contributed by atoms with Crippen LogP contribution < -0.4 is 0 Å². The van der Waals surface area contributed by atoms with Gasteiger partial charge in [-0.3, -0.25) is 4.18 Å². The second-order valence-electron chi connectivity index (χ2n) is 10.4. The highest BCUT2D eigenvalue weighted by Crippen LogP contribution is 2.36. The molecular formula is C27H50O10SSi. The topological polar surface area (TPSA) is 108 Å². The first-order valence-electron chi connectivity index (χ1n) is 13.5. The molecule has 0 bridgehead atoms. The Balaban J connectivity index is 1.79. The SMILES string of the molecule is Cc1ccc(S(=O)(=O)OCCOCCOCCOCCOCCOCCOCCO[Si](C)(C)C(C)(C)C)cc1. The molecule has 0 N–H and O–H groups in total. The molecule has 0 radical (unpaired) electrons. The maximum absolute atomic E-state index is 12.1. The molecule has 1 rings (SSSR count). The molecule has 12 heteroatoms. The van der Waals surface area contributed by atoms with Gasteiger partial charge in [0.2, 0.25) is 0 Å². The van der Waals surface area contributed by atoms with E-state index in [1.54, 1.807) is 12.1 Å². The molecule has 0 fully saturated rings. The van der Waals surface area contributed by atoms with E-state index in [2.05, 4.69) is 33.9 Å². The van der Waals surface area contributed by atoms with Crippen molar-refractivity contribution in [3.63, 3.8) is 0 Å². The molecule has 0 aliphatic carbocycles. The van der Waals surface area contributed by atoms with Crippen molar-refractivity contribution in [2.45, 2.75) is 50.7 Å². The van der Waals surface area contributed by atoms with Crippen molar-refractivity contribution in [3.8, 4) is 0 Å². The Morgan fingerprint density at radius 3 is 1.28 bits per heavy atom. The van der Waals surface area contributed by atoms with E-state index < -0.39 is 18.4 Å². The first-order chi connectivity index (χ1) is 18.5. The molecule has 10 nitrogen and oxygen atoms in total. The van der Waals surface area contributed by atoms with Crippen LogP contribution in [0.25, 0.3) is 0 Å². The maximum Gasteiger partial charge on any atom is 0.297 e. The van der Waals surface area contributed by atoms with Crippen molar-refractivity contribution >= 4 is 18.4 Å². The zero-order chi connectivity index (χ0) is 29.0. The van der Waals surface area contributed by atoms with Gasteiger partial charge in [0.05, 0.1) is 97.4 Å². The second kappa shape index (κ2) is 20.0. The van der Waals surface area contributed by atoms with Gasteiger partial charge in [-0.15, -0.1) is 0 Å². The van der Waals surface area contributed by atoms with Crippen LogP contribution in [0.3, 0.4) is 0 Å². The van der Waals surface area contributed by atoms with Gasteiger partial charge in [0.15, 0.2) is 8.32 Å². The Labute approximate surface area is 236 Å². The lowest BCUT2D eigenvalue weighted by Gasteiger charge is -2.36. The van der Waals surface area contributed by atoms with Crippen LogP contribution in [-0.4, -0.2) is 109 Å². The summed E-state index contributed by atoms with van der Waals surface area (Å²) in [4.78, 5) is 0.134. The third kappa shape index (κ3) is 17.5. The van der Waals surface area contributed by atoms with Gasteiger partial charge < -0.3 is 32.8 Å². The summed E-state index contributed by atoms with van der Waals surface area (Å²) in [5.41, 5.74) is 0.980. The van der Waals surface area contributed by atoms with Crippen LogP contribution in [0, 0.1) is 6.92 Å². The van der Waals surface area contributed by atoms with Crippen molar-refractivity contribution in [1.82, 2.24) is 0 Å². The molecule has 39 heavy (non-hydrogen) atoms. The Morgan fingerprint density at radius 2 is 0.923 bits per heavy atom. The Morgan fingerprint density at radius 1 is 0.590 bits per heavy atom. The van der Waals surface area contributed by atoms with Gasteiger partial charge in [0.1, 0.15) is 0 Å². The number of hydrogen-bond donors (Lipinski definition) is 0. The lowest BCUT2D eigenvalue weighted by atomic mass is 10.2. The van der Waals surface area contributed by atoms with Crippen molar-refractivity contribution in [2.75, 3.05) is 92.5 Å². The fourth-order valence-electron chi connectivity index (χ4n) is 2.75. The summed E-state index contributed by atoms with van der Waals surface area (Å²) in [6, 6.07) is 6.50. The number of hydrogen-bond acceptors (Lipinski definition) is 10. The van der Waals surface area contributed by atoms with Crippen molar-refractivity contribution < 1.29 is 45.4 Å². The summed E-state index contributed by atoms with van der Waals surface area (Å²) in [6.07, 6.45) is 0. The fourth-order valence-corrected chi connectivity index (χ4v) is 4.67. The van der Waals surface area contributed by atoms with E-state index in [-0.39, 0.29) is 23.1 Å². The second-order valence-corrected chi connectivity index (χ2v) is 16.8. The van der Waals surface area contributed by atoms with Crippen LogP contribution in [-0.2, 0) is 47.1 Å². The van der Waals surface area contributed by atoms with E-state index in [0.717, 1.165) is 5.56 Å². The molecule has 0 saturated heterocycles. The third-order valence-corrected chi connectivity index (χ3v) is 12.0. The summed E-state index contributed by atoms with van der Waals surface area (Å²) in [7, 11) is -5.47. The molecule has 1 aromatic rings. The van der Waals surface area contributed by atoms with E-state index in [4.69, 9.17) is 37.0 Å². The molecule has 228 valence electrons. The quantitative estimate of drug-likeness (QED) is 0.0996. The summed E-state index contributed by atoms with van der Waals surface area (Å²) in [6.45, 7) is 19.0. The van der Waals surface area contributed by atoms with E-state index >= 15 is 0 Å². The standard InChI is InChI=1S/C27H50O10SSi/c1-25-7-9-26(10-8-25)38(28,29)36-23-21-34-19-17-32-15-13-30-11-12-31-14-16-33-18-20-35-22-24-37-39(5,6)27(2,3)4/h7-10H,11-24H2,1-6H3. The third-order valence-electron chi connectivity index (χ3n) is 6.13. The smallest absolute Gasteiger partial charge is 0.297 e. The minimum atomic E-state index is -3.76. The fraction of sp³-hybridized carbons (Fsp3) is 0.778. The molecule has 1 aromatic carbocycles. The molecule has 0 aromatic heterocycles. The van der Waals surface area contributed by atoms with Crippen LogP contribution in [0.1, 0.15) is 26.3 Å². The van der Waals surface area contributed by atoms with Gasteiger partial charge in [-0.25, -0.2) is 0 Å². The largest absolute Gasteiger partial charge is 0.414 e. The summed E-state index contributed by atoms with van der Waals surface area (Å²) >= 11 is 0. The van der Waals surface area contributed by atoms with Crippen LogP contribution in [0.15, 0.2) is 29.2 Å². The lowest BCUT2D eigenvalue weighted by molar-refractivity contribution is -0.0188. The number of rotatable bonds is 24. The van der Waals surface area contributed by atoms with E-state index in [1.807, 2.05) is 6.92 Å². The van der Waals surface area contributed by atoms with E-state index in [0.29, 0.717) is 79.3 Å². The molecule has 0 amide bonds. The summed E-state index contributed by atoms with van der Waals surface area (Å²) in [5.74, 6) is 0. The van der Waals surface area contributed by atoms with Gasteiger partial charge in [-0.1, -0.05) is 38.5 Å². The Kier molecular flexibility index (Phi) is 18.5. The Bertz CT molecular complexity index is 841. The Hall–Kier alpha value is -0.933. The van der Waals surface area contributed by atoms with E-state index in [1.165, 1.54) is 12.1 Å². The monoisotopic (exact) mass is 594 g/mol. The van der Waals surface area contributed by atoms with Gasteiger partial charge in [0, 0.05) is 0 Å². The van der Waals surface area contributed by atoms with Gasteiger partial charge in [-0.2, -0.15) is 8.42 Å². The summed E-state index contributed by atoms with van der Waals surface area (Å²) in [5, 5.41) is 0.209. The molecule has 0 aliphatic rings. The van der Waals surface area contributed by atoms with Crippen molar-refractivity contribution in [3.05, 3.63) is 29.8 Å². The minimum Gasteiger partial charge on any atom is -0.414 e. The van der Waals surface area contributed by atoms with Crippen LogP contribution >= 0.6 is 0 Å². The first-order valence-corrected chi connectivity index (χ1v) is 17.8. The van der Waals surface area contributed by atoms with Crippen LogP contribution in [0.2, 0.25) is 18.1 Å². The molecule has 0 saturated carbocycles. The summed E-state index contributed by atoms with van der Waals surface area (Å²) < 4.78 is 67.8. The average Bonchev–Trinajstić information content (AvgIpc) is 2.86.